The van der Waals surface area contributed by atoms with E-state index in [1.54, 1.807) is 6.08 Å². The predicted molar refractivity (Wildman–Crippen MR) is 52.2 cm³/mol. The van der Waals surface area contributed by atoms with Crippen LogP contribution in [0.4, 0.5) is 0 Å². The second kappa shape index (κ2) is 4.62. The first-order valence-corrected chi connectivity index (χ1v) is 4.70. The van der Waals surface area contributed by atoms with Crippen LogP contribution in [0.3, 0.4) is 0 Å². The number of esters is 1. The Morgan fingerprint density at radius 1 is 1.64 bits per heavy atom. The van der Waals surface area contributed by atoms with Crippen LogP contribution in [0.5, 0.6) is 0 Å². The van der Waals surface area contributed by atoms with Gasteiger partial charge in [0.25, 0.3) is 0 Å². The molecule has 1 rings (SSSR count). The first kappa shape index (κ1) is 11.3. The predicted octanol–water partition coefficient (Wildman–Crippen LogP) is 0.144. The summed E-state index contributed by atoms with van der Waals surface area (Å²) < 4.78 is 4.66. The van der Waals surface area contributed by atoms with Crippen LogP contribution in [-0.2, 0) is 9.53 Å². The fourth-order valence-corrected chi connectivity index (χ4v) is 1.82. The summed E-state index contributed by atoms with van der Waals surface area (Å²) in [5, 5.41) is 17.9. The second-order valence-electron chi connectivity index (χ2n) is 3.64. The number of carbonyl (C=O) groups is 1. The van der Waals surface area contributed by atoms with E-state index in [9.17, 15) is 4.79 Å². The lowest BCUT2D eigenvalue weighted by Crippen LogP contribution is -2.29. The highest BCUT2D eigenvalue weighted by atomic mass is 16.5. The first-order valence-electron chi connectivity index (χ1n) is 4.70. The van der Waals surface area contributed by atoms with Crippen molar-refractivity contribution in [3.63, 3.8) is 0 Å². The maximum Gasteiger partial charge on any atom is 0.483 e. The molecule has 0 saturated heterocycles. The van der Waals surface area contributed by atoms with Crippen molar-refractivity contribution in [1.29, 1.82) is 0 Å². The SMILES string of the molecule is COC(=O)[C@@H]1CCC(B(O)O)=C[C@H]1C. The Morgan fingerprint density at radius 3 is 2.71 bits per heavy atom. The topological polar surface area (TPSA) is 66.8 Å². The molecule has 0 spiro atoms. The third kappa shape index (κ3) is 2.36. The van der Waals surface area contributed by atoms with Gasteiger partial charge in [-0.1, -0.05) is 13.0 Å². The summed E-state index contributed by atoms with van der Waals surface area (Å²) in [4.78, 5) is 11.3. The van der Waals surface area contributed by atoms with E-state index in [1.807, 2.05) is 6.92 Å². The van der Waals surface area contributed by atoms with Gasteiger partial charge in [-0.25, -0.2) is 0 Å². The Labute approximate surface area is 83.7 Å². The van der Waals surface area contributed by atoms with E-state index in [0.29, 0.717) is 18.3 Å². The standard InChI is InChI=1S/C9H15BO4/c1-6-5-7(10(12)13)3-4-8(6)9(11)14-2/h5-6,8,12-13H,3-4H2,1-2H3/t6-,8-/m1/s1. The summed E-state index contributed by atoms with van der Waals surface area (Å²) in [5.41, 5.74) is 0.595. The smallest absolute Gasteiger partial charge is 0.469 e. The van der Waals surface area contributed by atoms with E-state index >= 15 is 0 Å². The summed E-state index contributed by atoms with van der Waals surface area (Å²) in [5.74, 6) is -0.365. The quantitative estimate of drug-likeness (QED) is 0.489. The van der Waals surface area contributed by atoms with Crippen LogP contribution in [0.25, 0.3) is 0 Å². The van der Waals surface area contributed by atoms with Crippen molar-refractivity contribution in [1.82, 2.24) is 0 Å². The summed E-state index contributed by atoms with van der Waals surface area (Å²) in [6.45, 7) is 1.88. The maximum absolute atomic E-state index is 11.3. The van der Waals surface area contributed by atoms with E-state index in [-0.39, 0.29) is 17.8 Å². The van der Waals surface area contributed by atoms with Gasteiger partial charge in [0.1, 0.15) is 0 Å². The molecule has 14 heavy (non-hydrogen) atoms. The van der Waals surface area contributed by atoms with Crippen LogP contribution < -0.4 is 0 Å². The summed E-state index contributed by atoms with van der Waals surface area (Å²) in [7, 11) is -0.0223. The number of rotatable bonds is 2. The van der Waals surface area contributed by atoms with Crippen LogP contribution >= 0.6 is 0 Å². The summed E-state index contributed by atoms with van der Waals surface area (Å²) in [6.07, 6.45) is 2.91. The van der Waals surface area contributed by atoms with Gasteiger partial charge < -0.3 is 14.8 Å². The fourth-order valence-electron chi connectivity index (χ4n) is 1.82. The normalized spacial score (nSPS) is 26.7. The lowest BCUT2D eigenvalue weighted by molar-refractivity contribution is -0.147. The van der Waals surface area contributed by atoms with Crippen molar-refractivity contribution in [3.05, 3.63) is 11.5 Å². The molecule has 0 aromatic carbocycles. The molecule has 78 valence electrons. The molecule has 0 amide bonds. The molecular weight excluding hydrogens is 183 g/mol. The van der Waals surface area contributed by atoms with Crippen molar-refractivity contribution in [3.8, 4) is 0 Å². The first-order chi connectivity index (χ1) is 6.56. The van der Waals surface area contributed by atoms with Crippen LogP contribution in [0.15, 0.2) is 11.5 Å². The third-order valence-corrected chi connectivity index (χ3v) is 2.69. The van der Waals surface area contributed by atoms with Gasteiger partial charge >= 0.3 is 13.1 Å². The van der Waals surface area contributed by atoms with Crippen molar-refractivity contribution in [2.45, 2.75) is 19.8 Å². The van der Waals surface area contributed by atoms with Crippen LogP contribution in [0.1, 0.15) is 19.8 Å². The average molecular weight is 198 g/mol. The Morgan fingerprint density at radius 2 is 2.29 bits per heavy atom. The Balaban J connectivity index is 2.69. The fraction of sp³-hybridized carbons (Fsp3) is 0.667. The number of hydrogen-bond donors (Lipinski definition) is 2. The van der Waals surface area contributed by atoms with E-state index in [2.05, 4.69) is 4.74 Å². The summed E-state index contributed by atoms with van der Waals surface area (Å²) >= 11 is 0. The zero-order chi connectivity index (χ0) is 10.7. The molecule has 0 aromatic rings. The third-order valence-electron chi connectivity index (χ3n) is 2.69. The average Bonchev–Trinajstić information content (AvgIpc) is 2.16. The number of ether oxygens (including phenoxy) is 1. The zero-order valence-corrected chi connectivity index (χ0v) is 8.43. The largest absolute Gasteiger partial charge is 0.483 e. The van der Waals surface area contributed by atoms with E-state index in [1.165, 1.54) is 7.11 Å². The molecule has 0 bridgehead atoms. The van der Waals surface area contributed by atoms with Gasteiger partial charge in [-0.15, -0.1) is 0 Å². The van der Waals surface area contributed by atoms with Crippen molar-refractivity contribution < 1.29 is 19.6 Å². The molecule has 0 heterocycles. The highest BCUT2D eigenvalue weighted by molar-refractivity contribution is 6.50. The van der Waals surface area contributed by atoms with Gasteiger partial charge in [0, 0.05) is 0 Å². The van der Waals surface area contributed by atoms with Gasteiger partial charge in [0.15, 0.2) is 0 Å². The molecule has 2 N–H and O–H groups in total. The molecule has 5 heteroatoms. The number of methoxy groups -OCH3 is 1. The lowest BCUT2D eigenvalue weighted by Gasteiger charge is -2.25. The van der Waals surface area contributed by atoms with Gasteiger partial charge in [0.05, 0.1) is 13.0 Å². The van der Waals surface area contributed by atoms with E-state index in [0.717, 1.165) is 0 Å². The molecule has 0 aliphatic heterocycles. The van der Waals surface area contributed by atoms with Crippen LogP contribution in [0.2, 0.25) is 0 Å². The van der Waals surface area contributed by atoms with E-state index in [4.69, 9.17) is 10.0 Å². The molecule has 0 unspecified atom stereocenters. The highest BCUT2D eigenvalue weighted by Gasteiger charge is 2.31. The summed E-state index contributed by atoms with van der Waals surface area (Å²) in [6, 6.07) is 0. The Hall–Kier alpha value is -0.805. The minimum Gasteiger partial charge on any atom is -0.469 e. The van der Waals surface area contributed by atoms with Gasteiger partial charge in [-0.2, -0.15) is 0 Å². The maximum atomic E-state index is 11.3. The number of carbonyl (C=O) groups excluding carboxylic acids is 1. The molecule has 4 nitrogen and oxygen atoms in total. The molecule has 1 aliphatic carbocycles. The molecule has 2 atom stereocenters. The van der Waals surface area contributed by atoms with Gasteiger partial charge in [-0.05, 0) is 24.2 Å². The van der Waals surface area contributed by atoms with Crippen LogP contribution in [-0.4, -0.2) is 30.2 Å². The van der Waals surface area contributed by atoms with Crippen molar-refractivity contribution >= 4 is 13.1 Å². The van der Waals surface area contributed by atoms with Crippen molar-refractivity contribution in [2.24, 2.45) is 11.8 Å². The van der Waals surface area contributed by atoms with Crippen LogP contribution in [0, 0.1) is 11.8 Å². The zero-order valence-electron chi connectivity index (χ0n) is 8.43. The monoisotopic (exact) mass is 198 g/mol. The minimum atomic E-state index is -1.39. The van der Waals surface area contributed by atoms with Gasteiger partial charge in [0.2, 0.25) is 0 Å². The Bertz CT molecular complexity index is 249. The van der Waals surface area contributed by atoms with E-state index < -0.39 is 7.12 Å². The lowest BCUT2D eigenvalue weighted by atomic mass is 9.68. The molecule has 0 aromatic heterocycles. The van der Waals surface area contributed by atoms with Gasteiger partial charge in [-0.3, -0.25) is 4.79 Å². The number of allylic oxidation sites excluding steroid dienone is 2. The molecule has 0 radical (unpaired) electrons. The molecule has 0 saturated carbocycles. The minimum absolute atomic E-state index is 0.00741. The molecule has 0 fully saturated rings. The van der Waals surface area contributed by atoms with Crippen molar-refractivity contribution in [2.75, 3.05) is 7.11 Å². The second-order valence-corrected chi connectivity index (χ2v) is 3.64. The molecular formula is C9H15BO4. The number of hydrogen-bond acceptors (Lipinski definition) is 4. The molecule has 1 aliphatic rings. The highest BCUT2D eigenvalue weighted by Crippen LogP contribution is 2.29. The Kier molecular flexibility index (Phi) is 3.72.